The third-order valence-corrected chi connectivity index (χ3v) is 3.92. The number of benzene rings is 2. The van der Waals surface area contributed by atoms with Crippen LogP contribution in [0.4, 0.5) is 5.69 Å². The van der Waals surface area contributed by atoms with Crippen molar-refractivity contribution in [2.24, 2.45) is 0 Å². The van der Waals surface area contributed by atoms with Gasteiger partial charge in [0.05, 0.1) is 0 Å². The first kappa shape index (κ1) is 11.6. The Kier molecular flexibility index (Phi) is 2.76. The summed E-state index contributed by atoms with van der Waals surface area (Å²) >= 11 is 0. The monoisotopic (exact) mass is 267 g/mol. The standard InChI is InChI=1S/C17H17NO2/c1-2-14-10-12(3-5-15(14)18-7-1)13-4-6-16-17(11-13)20-9-8-19-16/h3-6,10-11,18H,1-2,7-9H2. The first-order valence-corrected chi connectivity index (χ1v) is 7.17. The number of hydrogen-bond acceptors (Lipinski definition) is 3. The molecule has 2 aromatic rings. The maximum Gasteiger partial charge on any atom is 0.161 e. The molecule has 0 saturated carbocycles. The molecule has 0 spiro atoms. The molecule has 2 aliphatic heterocycles. The summed E-state index contributed by atoms with van der Waals surface area (Å²) in [6.45, 7) is 2.35. The van der Waals surface area contributed by atoms with E-state index in [0.717, 1.165) is 24.5 Å². The summed E-state index contributed by atoms with van der Waals surface area (Å²) in [4.78, 5) is 0. The molecule has 0 radical (unpaired) electrons. The zero-order chi connectivity index (χ0) is 13.4. The van der Waals surface area contributed by atoms with Crippen molar-refractivity contribution < 1.29 is 9.47 Å². The summed E-state index contributed by atoms with van der Waals surface area (Å²) in [6.07, 6.45) is 2.36. The van der Waals surface area contributed by atoms with Crippen LogP contribution in [0.15, 0.2) is 36.4 Å². The molecule has 2 heterocycles. The fourth-order valence-electron chi connectivity index (χ4n) is 2.88. The Balaban J connectivity index is 1.73. The van der Waals surface area contributed by atoms with Gasteiger partial charge in [0.15, 0.2) is 11.5 Å². The Morgan fingerprint density at radius 3 is 2.60 bits per heavy atom. The molecule has 0 fully saturated rings. The average molecular weight is 267 g/mol. The largest absolute Gasteiger partial charge is 0.486 e. The van der Waals surface area contributed by atoms with Crippen molar-refractivity contribution in [2.45, 2.75) is 12.8 Å². The molecule has 0 aliphatic carbocycles. The van der Waals surface area contributed by atoms with Crippen LogP contribution in [0.25, 0.3) is 11.1 Å². The molecule has 0 unspecified atom stereocenters. The van der Waals surface area contributed by atoms with E-state index in [0.29, 0.717) is 13.2 Å². The molecule has 4 rings (SSSR count). The maximum atomic E-state index is 5.66. The zero-order valence-corrected chi connectivity index (χ0v) is 11.3. The third-order valence-electron chi connectivity index (χ3n) is 3.92. The van der Waals surface area contributed by atoms with Crippen molar-refractivity contribution in [1.29, 1.82) is 0 Å². The van der Waals surface area contributed by atoms with E-state index in [1.54, 1.807) is 0 Å². The fraction of sp³-hybridized carbons (Fsp3) is 0.294. The molecule has 0 atom stereocenters. The van der Waals surface area contributed by atoms with Crippen LogP contribution in [-0.4, -0.2) is 19.8 Å². The number of aryl methyl sites for hydroxylation is 1. The van der Waals surface area contributed by atoms with Crippen LogP contribution in [0, 0.1) is 0 Å². The van der Waals surface area contributed by atoms with Crippen molar-refractivity contribution >= 4 is 5.69 Å². The Morgan fingerprint density at radius 1 is 0.850 bits per heavy atom. The molecule has 3 nitrogen and oxygen atoms in total. The number of nitrogens with one attached hydrogen (secondary N) is 1. The minimum atomic E-state index is 0.630. The molecule has 0 aromatic heterocycles. The summed E-state index contributed by atoms with van der Waals surface area (Å²) in [7, 11) is 0. The highest BCUT2D eigenvalue weighted by Crippen LogP contribution is 2.36. The summed E-state index contributed by atoms with van der Waals surface area (Å²) in [6, 6.07) is 12.8. The van der Waals surface area contributed by atoms with E-state index in [-0.39, 0.29) is 0 Å². The van der Waals surface area contributed by atoms with Crippen LogP contribution >= 0.6 is 0 Å². The van der Waals surface area contributed by atoms with Crippen molar-refractivity contribution in [2.75, 3.05) is 25.1 Å². The SMILES string of the molecule is c1cc2c(cc1-c1ccc3c(c1)OCCO3)CCCN2. The average Bonchev–Trinajstić information content (AvgIpc) is 2.54. The lowest BCUT2D eigenvalue weighted by molar-refractivity contribution is 0.171. The highest BCUT2D eigenvalue weighted by atomic mass is 16.6. The summed E-state index contributed by atoms with van der Waals surface area (Å²) in [5, 5.41) is 3.45. The van der Waals surface area contributed by atoms with Crippen molar-refractivity contribution in [1.82, 2.24) is 0 Å². The molecule has 0 saturated heterocycles. The van der Waals surface area contributed by atoms with Crippen molar-refractivity contribution in [3.8, 4) is 22.6 Å². The molecule has 3 heteroatoms. The fourth-order valence-corrected chi connectivity index (χ4v) is 2.88. The molecule has 0 bridgehead atoms. The predicted molar refractivity (Wildman–Crippen MR) is 79.7 cm³/mol. The third kappa shape index (κ3) is 1.99. The highest BCUT2D eigenvalue weighted by Gasteiger charge is 2.14. The van der Waals surface area contributed by atoms with Crippen LogP contribution in [0.3, 0.4) is 0 Å². The topological polar surface area (TPSA) is 30.5 Å². The minimum Gasteiger partial charge on any atom is -0.486 e. The van der Waals surface area contributed by atoms with Crippen LogP contribution in [-0.2, 0) is 6.42 Å². The van der Waals surface area contributed by atoms with E-state index < -0.39 is 0 Å². The van der Waals surface area contributed by atoms with Gasteiger partial charge in [-0.05, 0) is 53.8 Å². The van der Waals surface area contributed by atoms with E-state index in [4.69, 9.17) is 9.47 Å². The van der Waals surface area contributed by atoms with Crippen molar-refractivity contribution in [3.05, 3.63) is 42.0 Å². The predicted octanol–water partition coefficient (Wildman–Crippen LogP) is 3.48. The lowest BCUT2D eigenvalue weighted by atomic mass is 9.97. The molecule has 0 amide bonds. The van der Waals surface area contributed by atoms with E-state index in [1.807, 2.05) is 6.07 Å². The summed E-state index contributed by atoms with van der Waals surface area (Å²) < 4.78 is 11.2. The second-order valence-electron chi connectivity index (χ2n) is 5.26. The first-order valence-electron chi connectivity index (χ1n) is 7.17. The van der Waals surface area contributed by atoms with Gasteiger partial charge in [0, 0.05) is 12.2 Å². The smallest absolute Gasteiger partial charge is 0.161 e. The summed E-state index contributed by atoms with van der Waals surface area (Å²) in [5.74, 6) is 1.70. The van der Waals surface area contributed by atoms with Gasteiger partial charge >= 0.3 is 0 Å². The first-order chi connectivity index (χ1) is 9.90. The van der Waals surface area contributed by atoms with Gasteiger partial charge in [-0.3, -0.25) is 0 Å². The lowest BCUT2D eigenvalue weighted by Crippen LogP contribution is -2.15. The number of anilines is 1. The second-order valence-corrected chi connectivity index (χ2v) is 5.26. The molecule has 1 N–H and O–H groups in total. The van der Waals surface area contributed by atoms with Gasteiger partial charge in [0.2, 0.25) is 0 Å². The Labute approximate surface area is 118 Å². The van der Waals surface area contributed by atoms with E-state index >= 15 is 0 Å². The van der Waals surface area contributed by atoms with Crippen LogP contribution in [0.1, 0.15) is 12.0 Å². The zero-order valence-electron chi connectivity index (χ0n) is 11.3. The van der Waals surface area contributed by atoms with E-state index in [9.17, 15) is 0 Å². The highest BCUT2D eigenvalue weighted by molar-refractivity contribution is 5.71. The lowest BCUT2D eigenvalue weighted by Gasteiger charge is -2.20. The van der Waals surface area contributed by atoms with Gasteiger partial charge in [-0.2, -0.15) is 0 Å². The quantitative estimate of drug-likeness (QED) is 0.858. The van der Waals surface area contributed by atoms with Crippen molar-refractivity contribution in [3.63, 3.8) is 0 Å². The van der Waals surface area contributed by atoms with Crippen LogP contribution in [0.5, 0.6) is 11.5 Å². The molecule has 2 aromatic carbocycles. The van der Waals surface area contributed by atoms with Crippen LogP contribution in [0.2, 0.25) is 0 Å². The number of hydrogen-bond donors (Lipinski definition) is 1. The summed E-state index contributed by atoms with van der Waals surface area (Å²) in [5.41, 5.74) is 5.10. The van der Waals surface area contributed by atoms with Crippen LogP contribution < -0.4 is 14.8 Å². The number of ether oxygens (including phenoxy) is 2. The second kappa shape index (κ2) is 4.75. The molecular formula is C17H17NO2. The molecule has 2 aliphatic rings. The van der Waals surface area contributed by atoms with E-state index in [2.05, 4.69) is 35.6 Å². The maximum absolute atomic E-state index is 5.66. The van der Waals surface area contributed by atoms with Gasteiger partial charge in [-0.25, -0.2) is 0 Å². The van der Waals surface area contributed by atoms with Gasteiger partial charge < -0.3 is 14.8 Å². The van der Waals surface area contributed by atoms with Gasteiger partial charge in [-0.15, -0.1) is 0 Å². The Morgan fingerprint density at radius 2 is 1.65 bits per heavy atom. The number of rotatable bonds is 1. The Hall–Kier alpha value is -2.16. The van der Waals surface area contributed by atoms with Gasteiger partial charge in [-0.1, -0.05) is 12.1 Å². The molecule has 102 valence electrons. The molecular weight excluding hydrogens is 250 g/mol. The van der Waals surface area contributed by atoms with Gasteiger partial charge in [0.1, 0.15) is 13.2 Å². The Bertz CT molecular complexity index is 594. The normalized spacial score (nSPS) is 16.2. The minimum absolute atomic E-state index is 0.630. The molecule has 20 heavy (non-hydrogen) atoms. The van der Waals surface area contributed by atoms with E-state index in [1.165, 1.54) is 28.8 Å². The number of fused-ring (bicyclic) bond motifs is 2. The van der Waals surface area contributed by atoms with Gasteiger partial charge in [0.25, 0.3) is 0 Å².